The molecular weight excluding hydrogens is 402 g/mol. The largest absolute Gasteiger partial charge is 0.361 e. The molecule has 1 amide bonds. The second-order valence-electron chi connectivity index (χ2n) is 8.25. The number of carbonyl (C=O) groups excluding carboxylic acids is 1. The summed E-state index contributed by atoms with van der Waals surface area (Å²) in [5.74, 6) is 0.332. The highest BCUT2D eigenvalue weighted by Gasteiger charge is 2.26. The molecule has 4 nitrogen and oxygen atoms in total. The van der Waals surface area contributed by atoms with E-state index >= 15 is 0 Å². The van der Waals surface area contributed by atoms with Crippen LogP contribution in [0.5, 0.6) is 0 Å². The summed E-state index contributed by atoms with van der Waals surface area (Å²) in [6.07, 6.45) is 2.59. The van der Waals surface area contributed by atoms with Crippen molar-refractivity contribution in [1.82, 2.24) is 14.8 Å². The van der Waals surface area contributed by atoms with Crippen molar-refractivity contribution < 1.29 is 4.79 Å². The number of fused-ring (bicyclic) bond motifs is 1. The number of nitrogens with zero attached hydrogens (tertiary/aromatic N) is 2. The molecule has 1 aliphatic heterocycles. The first-order valence-electron chi connectivity index (χ1n) is 10.9. The second-order valence-corrected chi connectivity index (χ2v) is 9.03. The van der Waals surface area contributed by atoms with Gasteiger partial charge < -0.3 is 9.88 Å². The van der Waals surface area contributed by atoms with E-state index in [4.69, 9.17) is 0 Å². The smallest absolute Gasteiger partial charge is 0.223 e. The summed E-state index contributed by atoms with van der Waals surface area (Å²) in [5, 5.41) is 5.49. The van der Waals surface area contributed by atoms with Crippen LogP contribution in [-0.2, 0) is 11.3 Å². The van der Waals surface area contributed by atoms with Gasteiger partial charge in [0.2, 0.25) is 5.91 Å². The Bertz CT molecular complexity index is 1130. The number of thiophene rings is 1. The lowest BCUT2D eigenvalue weighted by Crippen LogP contribution is -2.48. The van der Waals surface area contributed by atoms with Crippen molar-refractivity contribution in [2.45, 2.75) is 18.9 Å². The average molecular weight is 430 g/mol. The van der Waals surface area contributed by atoms with Crippen molar-refractivity contribution in [1.29, 1.82) is 0 Å². The van der Waals surface area contributed by atoms with Crippen LogP contribution in [0, 0.1) is 0 Å². The Balaban J connectivity index is 1.28. The zero-order valence-electron chi connectivity index (χ0n) is 17.5. The minimum absolute atomic E-state index is 0.0808. The van der Waals surface area contributed by atoms with E-state index in [1.807, 2.05) is 6.07 Å². The van der Waals surface area contributed by atoms with Gasteiger partial charge in [-0.3, -0.25) is 9.69 Å². The van der Waals surface area contributed by atoms with E-state index in [0.717, 1.165) is 38.2 Å². The number of carbonyl (C=O) groups is 1. The van der Waals surface area contributed by atoms with Gasteiger partial charge in [0, 0.05) is 62.2 Å². The Morgan fingerprint density at radius 3 is 2.52 bits per heavy atom. The fourth-order valence-corrected chi connectivity index (χ4v) is 5.28. The number of nitrogens with one attached hydrogen (secondary N) is 1. The molecule has 158 valence electrons. The Morgan fingerprint density at radius 1 is 0.968 bits per heavy atom. The van der Waals surface area contributed by atoms with Crippen molar-refractivity contribution in [2.24, 2.45) is 0 Å². The molecule has 0 aliphatic carbocycles. The van der Waals surface area contributed by atoms with E-state index in [-0.39, 0.29) is 11.8 Å². The lowest BCUT2D eigenvalue weighted by molar-refractivity contribution is -0.133. The summed E-state index contributed by atoms with van der Waals surface area (Å²) in [6, 6.07) is 21.1. The minimum Gasteiger partial charge on any atom is -0.361 e. The molecule has 0 bridgehead atoms. The number of piperazine rings is 1. The summed E-state index contributed by atoms with van der Waals surface area (Å²) in [5.41, 5.74) is 4.90. The third-order valence-electron chi connectivity index (χ3n) is 6.29. The molecule has 1 atom stereocenters. The van der Waals surface area contributed by atoms with E-state index in [9.17, 15) is 4.79 Å². The fraction of sp³-hybridized carbons (Fsp3) is 0.269. The highest BCUT2D eigenvalue weighted by Crippen LogP contribution is 2.35. The molecule has 1 aliphatic rings. The summed E-state index contributed by atoms with van der Waals surface area (Å²) in [4.78, 5) is 21.2. The number of benzene rings is 2. The summed E-state index contributed by atoms with van der Waals surface area (Å²) < 4.78 is 0. The highest BCUT2D eigenvalue weighted by molar-refractivity contribution is 7.08. The van der Waals surface area contributed by atoms with Crippen LogP contribution in [0.4, 0.5) is 0 Å². The predicted octanol–water partition coefficient (Wildman–Crippen LogP) is 5.10. The summed E-state index contributed by atoms with van der Waals surface area (Å²) in [6.45, 7) is 4.41. The second kappa shape index (κ2) is 9.08. The minimum atomic E-state index is 0.0808. The van der Waals surface area contributed by atoms with Gasteiger partial charge in [-0.2, -0.15) is 11.3 Å². The van der Waals surface area contributed by atoms with Gasteiger partial charge >= 0.3 is 0 Å². The first-order chi connectivity index (χ1) is 15.3. The van der Waals surface area contributed by atoms with E-state index in [0.29, 0.717) is 6.42 Å². The van der Waals surface area contributed by atoms with Gasteiger partial charge in [-0.1, -0.05) is 48.5 Å². The first-order valence-corrected chi connectivity index (χ1v) is 11.8. The lowest BCUT2D eigenvalue weighted by atomic mass is 9.89. The zero-order chi connectivity index (χ0) is 21.0. The van der Waals surface area contributed by atoms with Gasteiger partial charge in [0.15, 0.2) is 0 Å². The van der Waals surface area contributed by atoms with Crippen LogP contribution >= 0.6 is 11.3 Å². The SMILES string of the molecule is O=C(CC(c1ccsc1)c1c[nH]c2ccccc12)N1CCN(Cc2ccccc2)CC1. The van der Waals surface area contributed by atoms with Gasteiger partial charge in [0.25, 0.3) is 0 Å². The molecule has 0 saturated carbocycles. The van der Waals surface area contributed by atoms with Crippen molar-refractivity contribution in [3.8, 4) is 0 Å². The first kappa shape index (κ1) is 20.0. The van der Waals surface area contributed by atoms with Crippen LogP contribution < -0.4 is 0 Å². The Hall–Kier alpha value is -2.89. The van der Waals surface area contributed by atoms with Gasteiger partial charge in [-0.25, -0.2) is 0 Å². The molecule has 1 N–H and O–H groups in total. The Labute approximate surface area is 187 Å². The van der Waals surface area contributed by atoms with Crippen LogP contribution in [0.2, 0.25) is 0 Å². The summed E-state index contributed by atoms with van der Waals surface area (Å²) in [7, 11) is 0. The quantitative estimate of drug-likeness (QED) is 0.463. The van der Waals surface area contributed by atoms with Gasteiger partial charge in [-0.05, 0) is 39.6 Å². The van der Waals surface area contributed by atoms with Crippen LogP contribution in [0.3, 0.4) is 0 Å². The molecule has 1 saturated heterocycles. The predicted molar refractivity (Wildman–Crippen MR) is 127 cm³/mol. The molecule has 31 heavy (non-hydrogen) atoms. The number of amides is 1. The number of para-hydroxylation sites is 1. The molecule has 5 heteroatoms. The third-order valence-corrected chi connectivity index (χ3v) is 7.00. The fourth-order valence-electron chi connectivity index (χ4n) is 4.56. The third kappa shape index (κ3) is 4.43. The van der Waals surface area contributed by atoms with Gasteiger partial charge in [-0.15, -0.1) is 0 Å². The van der Waals surface area contributed by atoms with Crippen LogP contribution in [-0.4, -0.2) is 46.9 Å². The van der Waals surface area contributed by atoms with Gasteiger partial charge in [0.1, 0.15) is 0 Å². The van der Waals surface area contributed by atoms with Crippen molar-refractivity contribution >= 4 is 28.1 Å². The standard InChI is InChI=1S/C26H27N3OS/c30-26(29-13-11-28(12-14-29)18-20-6-2-1-3-7-20)16-23(21-10-15-31-19-21)24-17-27-25-9-5-4-8-22(24)25/h1-10,15,17,19,23,27H,11-14,16,18H2. The zero-order valence-corrected chi connectivity index (χ0v) is 18.4. The number of rotatable bonds is 6. The monoisotopic (exact) mass is 429 g/mol. The average Bonchev–Trinajstić information content (AvgIpc) is 3.49. The maximum atomic E-state index is 13.3. The van der Waals surface area contributed by atoms with Crippen molar-refractivity contribution in [3.63, 3.8) is 0 Å². The van der Waals surface area contributed by atoms with Crippen LogP contribution in [0.1, 0.15) is 29.0 Å². The normalized spacial score (nSPS) is 15.9. The molecule has 1 unspecified atom stereocenters. The Morgan fingerprint density at radius 2 is 1.74 bits per heavy atom. The number of hydrogen-bond donors (Lipinski definition) is 1. The number of hydrogen-bond acceptors (Lipinski definition) is 3. The molecule has 5 rings (SSSR count). The van der Waals surface area contributed by atoms with Crippen LogP contribution in [0.15, 0.2) is 77.6 Å². The van der Waals surface area contributed by atoms with E-state index in [2.05, 4.69) is 86.3 Å². The molecule has 1 fully saturated rings. The maximum absolute atomic E-state index is 13.3. The highest BCUT2D eigenvalue weighted by atomic mass is 32.1. The number of aromatic amines is 1. The van der Waals surface area contributed by atoms with Crippen molar-refractivity contribution in [2.75, 3.05) is 26.2 Å². The molecule has 2 aromatic carbocycles. The molecule has 0 radical (unpaired) electrons. The molecular formula is C26H27N3OS. The molecule has 0 spiro atoms. The number of H-pyrrole nitrogens is 1. The maximum Gasteiger partial charge on any atom is 0.223 e. The van der Waals surface area contributed by atoms with E-state index < -0.39 is 0 Å². The van der Waals surface area contributed by atoms with Crippen LogP contribution in [0.25, 0.3) is 10.9 Å². The molecule has 2 aromatic heterocycles. The molecule has 4 aromatic rings. The number of aromatic nitrogens is 1. The van der Waals surface area contributed by atoms with Gasteiger partial charge in [0.05, 0.1) is 0 Å². The van der Waals surface area contributed by atoms with Crippen molar-refractivity contribution in [3.05, 3.63) is 94.3 Å². The molecule has 3 heterocycles. The summed E-state index contributed by atoms with van der Waals surface area (Å²) >= 11 is 1.69. The topological polar surface area (TPSA) is 39.3 Å². The van der Waals surface area contributed by atoms with E-state index in [1.165, 1.54) is 22.1 Å². The Kier molecular flexibility index (Phi) is 5.87. The van der Waals surface area contributed by atoms with E-state index in [1.54, 1.807) is 11.3 Å². The lowest BCUT2D eigenvalue weighted by Gasteiger charge is -2.35.